The van der Waals surface area contributed by atoms with E-state index in [2.05, 4.69) is 31.2 Å². The van der Waals surface area contributed by atoms with Crippen molar-refractivity contribution in [2.24, 2.45) is 0 Å². The van der Waals surface area contributed by atoms with Crippen LogP contribution in [0.2, 0.25) is 5.02 Å². The van der Waals surface area contributed by atoms with Gasteiger partial charge in [0.2, 0.25) is 5.95 Å². The van der Waals surface area contributed by atoms with E-state index in [1.807, 2.05) is 0 Å². The Balaban J connectivity index is 2.40. The summed E-state index contributed by atoms with van der Waals surface area (Å²) in [5, 5.41) is 2.43. The Labute approximate surface area is 114 Å². The lowest BCUT2D eigenvalue weighted by Gasteiger charge is -2.09. The molecule has 8 heteroatoms. The first kappa shape index (κ1) is 13.0. The lowest BCUT2D eigenvalue weighted by molar-refractivity contribution is 0.586. The average molecular weight is 336 g/mol. The van der Waals surface area contributed by atoms with Crippen molar-refractivity contribution >= 4 is 45.0 Å². The second kappa shape index (κ2) is 5.03. The highest BCUT2D eigenvalue weighted by molar-refractivity contribution is 9.10. The molecule has 0 amide bonds. The molecule has 94 valence electrons. The molecule has 1 aromatic heterocycles. The number of hydrogen-bond donors (Lipinski definition) is 2. The van der Waals surface area contributed by atoms with Crippen molar-refractivity contribution in [2.75, 3.05) is 11.1 Å². The van der Waals surface area contributed by atoms with Crippen LogP contribution < -0.4 is 11.1 Å². The van der Waals surface area contributed by atoms with Crippen molar-refractivity contribution in [1.29, 1.82) is 0 Å². The maximum absolute atomic E-state index is 13.5. The van der Waals surface area contributed by atoms with Crippen LogP contribution in [0.5, 0.6) is 0 Å². The quantitative estimate of drug-likeness (QED) is 0.825. The second-order valence-electron chi connectivity index (χ2n) is 3.31. The van der Waals surface area contributed by atoms with Crippen LogP contribution >= 0.6 is 27.5 Å². The molecule has 0 radical (unpaired) electrons. The predicted octanol–water partition coefficient (Wildman–Crippen LogP) is 3.50. The maximum atomic E-state index is 13.5. The third-order valence-electron chi connectivity index (χ3n) is 1.96. The minimum atomic E-state index is -0.845. The van der Waals surface area contributed by atoms with Gasteiger partial charge < -0.3 is 11.1 Å². The molecule has 18 heavy (non-hydrogen) atoms. The third-order valence-corrected chi connectivity index (χ3v) is 2.66. The molecule has 1 heterocycles. The first-order valence-electron chi connectivity index (χ1n) is 4.67. The van der Waals surface area contributed by atoms with E-state index in [1.165, 1.54) is 6.07 Å². The average Bonchev–Trinajstić information content (AvgIpc) is 2.22. The van der Waals surface area contributed by atoms with Gasteiger partial charge in [0.1, 0.15) is 16.2 Å². The van der Waals surface area contributed by atoms with Crippen LogP contribution in [0.4, 0.5) is 26.2 Å². The maximum Gasteiger partial charge on any atom is 0.230 e. The number of nitrogens with one attached hydrogen (secondary N) is 1. The van der Waals surface area contributed by atoms with E-state index in [0.717, 1.165) is 6.07 Å². The lowest BCUT2D eigenvalue weighted by Crippen LogP contribution is -2.03. The van der Waals surface area contributed by atoms with Crippen molar-refractivity contribution in [3.63, 3.8) is 0 Å². The van der Waals surface area contributed by atoms with Crippen molar-refractivity contribution in [2.45, 2.75) is 0 Å². The summed E-state index contributed by atoms with van der Waals surface area (Å²) in [6.07, 6.45) is 0. The monoisotopic (exact) mass is 334 g/mol. The highest BCUT2D eigenvalue weighted by Gasteiger charge is 2.12. The largest absolute Gasteiger partial charge is 0.383 e. The standard InChI is InChI=1S/C10H6BrClF2N4/c11-7-3-8(15)17-10(16-7)18-9-5(12)1-4(13)2-6(9)14/h1-3H,(H3,15,16,17,18). The van der Waals surface area contributed by atoms with Gasteiger partial charge in [0.25, 0.3) is 0 Å². The Morgan fingerprint density at radius 3 is 2.56 bits per heavy atom. The molecule has 0 bridgehead atoms. The van der Waals surface area contributed by atoms with E-state index in [4.69, 9.17) is 17.3 Å². The molecule has 1 aromatic carbocycles. The van der Waals surface area contributed by atoms with E-state index in [0.29, 0.717) is 10.7 Å². The van der Waals surface area contributed by atoms with Crippen molar-refractivity contribution in [3.05, 3.63) is 39.5 Å². The number of nitrogens with zero attached hydrogens (tertiary/aromatic N) is 2. The fourth-order valence-electron chi connectivity index (χ4n) is 1.26. The first-order valence-corrected chi connectivity index (χ1v) is 5.84. The molecule has 0 fully saturated rings. The third kappa shape index (κ3) is 2.85. The van der Waals surface area contributed by atoms with E-state index >= 15 is 0 Å². The molecule has 4 nitrogen and oxygen atoms in total. The molecular weight excluding hydrogens is 329 g/mol. The Bertz CT molecular complexity index is 565. The van der Waals surface area contributed by atoms with Crippen LogP contribution in [0.3, 0.4) is 0 Å². The molecule has 0 unspecified atom stereocenters. The minimum absolute atomic E-state index is 0.0503. The van der Waals surface area contributed by atoms with Gasteiger partial charge in [-0.05, 0) is 22.0 Å². The van der Waals surface area contributed by atoms with Crippen molar-refractivity contribution < 1.29 is 8.78 Å². The molecule has 0 saturated carbocycles. The summed E-state index contributed by atoms with van der Waals surface area (Å²) in [6.45, 7) is 0. The number of nitrogens with two attached hydrogens (primary N) is 1. The Morgan fingerprint density at radius 1 is 1.22 bits per heavy atom. The fraction of sp³-hybridized carbons (Fsp3) is 0. The summed E-state index contributed by atoms with van der Waals surface area (Å²) in [6, 6.07) is 3.16. The Hall–Kier alpha value is -1.47. The number of halogens is 4. The molecule has 0 saturated heterocycles. The van der Waals surface area contributed by atoms with Crippen LogP contribution in [0.15, 0.2) is 22.8 Å². The number of benzene rings is 1. The van der Waals surface area contributed by atoms with Crippen LogP contribution in [0, 0.1) is 11.6 Å². The van der Waals surface area contributed by atoms with Gasteiger partial charge in [0, 0.05) is 12.1 Å². The van der Waals surface area contributed by atoms with Gasteiger partial charge in [-0.3, -0.25) is 0 Å². The molecule has 0 aliphatic heterocycles. The van der Waals surface area contributed by atoms with Crippen LogP contribution in [0.25, 0.3) is 0 Å². The second-order valence-corrected chi connectivity index (χ2v) is 4.53. The summed E-state index contributed by atoms with van der Waals surface area (Å²) in [5.74, 6) is -1.37. The van der Waals surface area contributed by atoms with Gasteiger partial charge in [-0.2, -0.15) is 4.98 Å². The van der Waals surface area contributed by atoms with E-state index in [1.54, 1.807) is 0 Å². The van der Waals surface area contributed by atoms with Gasteiger partial charge in [-0.25, -0.2) is 13.8 Å². The molecule has 2 aromatic rings. The summed E-state index contributed by atoms with van der Waals surface area (Å²) in [4.78, 5) is 7.77. The van der Waals surface area contributed by atoms with Gasteiger partial charge in [-0.15, -0.1) is 0 Å². The van der Waals surface area contributed by atoms with Crippen LogP contribution in [-0.2, 0) is 0 Å². The number of rotatable bonds is 2. The van der Waals surface area contributed by atoms with Gasteiger partial charge in [0.15, 0.2) is 5.82 Å². The Morgan fingerprint density at radius 2 is 1.94 bits per heavy atom. The predicted molar refractivity (Wildman–Crippen MR) is 68.8 cm³/mol. The van der Waals surface area contributed by atoms with E-state index in [-0.39, 0.29) is 22.5 Å². The molecule has 0 atom stereocenters. The van der Waals surface area contributed by atoms with Gasteiger partial charge >= 0.3 is 0 Å². The SMILES string of the molecule is Nc1cc(Br)nc(Nc2c(F)cc(F)cc2Cl)n1. The van der Waals surface area contributed by atoms with Gasteiger partial charge in [0.05, 0.1) is 10.7 Å². The summed E-state index contributed by atoms with van der Waals surface area (Å²) < 4.78 is 26.8. The van der Waals surface area contributed by atoms with E-state index < -0.39 is 11.6 Å². The Kier molecular flexibility index (Phi) is 3.63. The zero-order chi connectivity index (χ0) is 13.3. The summed E-state index contributed by atoms with van der Waals surface area (Å²) >= 11 is 8.84. The molecule has 0 aliphatic rings. The van der Waals surface area contributed by atoms with Crippen molar-refractivity contribution in [1.82, 2.24) is 9.97 Å². The van der Waals surface area contributed by atoms with Crippen molar-refractivity contribution in [3.8, 4) is 0 Å². The molecule has 0 aliphatic carbocycles. The van der Waals surface area contributed by atoms with Gasteiger partial charge in [-0.1, -0.05) is 11.6 Å². The number of anilines is 3. The lowest BCUT2D eigenvalue weighted by atomic mass is 10.3. The molecule has 3 N–H and O–H groups in total. The molecule has 2 rings (SSSR count). The van der Waals surface area contributed by atoms with E-state index in [9.17, 15) is 8.78 Å². The highest BCUT2D eigenvalue weighted by Crippen LogP contribution is 2.28. The zero-order valence-electron chi connectivity index (χ0n) is 8.72. The smallest absolute Gasteiger partial charge is 0.230 e. The number of nitrogen functional groups attached to an aromatic ring is 1. The number of aromatic nitrogens is 2. The highest BCUT2D eigenvalue weighted by atomic mass is 79.9. The summed E-state index contributed by atoms with van der Waals surface area (Å²) in [5.41, 5.74) is 5.39. The molecule has 0 spiro atoms. The summed E-state index contributed by atoms with van der Waals surface area (Å²) in [7, 11) is 0. The first-order chi connectivity index (χ1) is 8.45. The fourth-order valence-corrected chi connectivity index (χ4v) is 1.91. The molecular formula is C10H6BrClF2N4. The topological polar surface area (TPSA) is 63.8 Å². The minimum Gasteiger partial charge on any atom is -0.383 e. The number of hydrogen-bond acceptors (Lipinski definition) is 4. The zero-order valence-corrected chi connectivity index (χ0v) is 11.1. The van der Waals surface area contributed by atoms with Crippen LogP contribution in [0.1, 0.15) is 0 Å². The normalized spacial score (nSPS) is 10.4. The van der Waals surface area contributed by atoms with Crippen LogP contribution in [-0.4, -0.2) is 9.97 Å².